The molecule has 0 bridgehead atoms. The summed E-state index contributed by atoms with van der Waals surface area (Å²) in [5, 5.41) is 7.30. The van der Waals surface area contributed by atoms with Gasteiger partial charge in [-0.25, -0.2) is 0 Å². The van der Waals surface area contributed by atoms with E-state index in [0.29, 0.717) is 30.6 Å². The quantitative estimate of drug-likeness (QED) is 0.832. The molecule has 2 aliphatic heterocycles. The molecule has 4 heterocycles. The Morgan fingerprint density at radius 3 is 2.92 bits per heavy atom. The highest BCUT2D eigenvalue weighted by molar-refractivity contribution is 5.85. The zero-order valence-electron chi connectivity index (χ0n) is 14.6. The smallest absolute Gasteiger partial charge is 0.227 e. The van der Waals surface area contributed by atoms with Crippen molar-refractivity contribution in [3.05, 3.63) is 24.5 Å². The average Bonchev–Trinajstić information content (AvgIpc) is 3.41. The summed E-state index contributed by atoms with van der Waals surface area (Å²) in [6.07, 6.45) is 5.08. The van der Waals surface area contributed by atoms with Crippen LogP contribution in [0.1, 0.15) is 18.7 Å². The lowest BCUT2D eigenvalue weighted by molar-refractivity contribution is -0.130. The van der Waals surface area contributed by atoms with Crippen LogP contribution in [0.2, 0.25) is 0 Å². The summed E-state index contributed by atoms with van der Waals surface area (Å²) in [6.45, 7) is 5.92. The first-order chi connectivity index (χ1) is 12.3. The number of carbonyl (C=O) groups excluding carboxylic acids is 1. The van der Waals surface area contributed by atoms with Crippen molar-refractivity contribution in [3.63, 3.8) is 0 Å². The topological polar surface area (TPSA) is 87.6 Å². The van der Waals surface area contributed by atoms with E-state index >= 15 is 0 Å². The maximum atomic E-state index is 12.5. The molecule has 2 saturated heterocycles. The molecule has 2 aromatic rings. The number of carbonyl (C=O) groups is 1. The molecular formula is C17H24ClN5O3. The Kier molecular flexibility index (Phi) is 6.29. The second kappa shape index (κ2) is 8.66. The summed E-state index contributed by atoms with van der Waals surface area (Å²) in [6, 6.07) is 2.28. The molecule has 9 heteroatoms. The van der Waals surface area contributed by atoms with Gasteiger partial charge in [-0.15, -0.1) is 12.4 Å². The summed E-state index contributed by atoms with van der Waals surface area (Å²) in [7, 11) is 0. The van der Waals surface area contributed by atoms with E-state index in [4.69, 9.17) is 8.94 Å². The van der Waals surface area contributed by atoms with Gasteiger partial charge in [0.25, 0.3) is 0 Å². The summed E-state index contributed by atoms with van der Waals surface area (Å²) in [4.78, 5) is 21.3. The Morgan fingerprint density at radius 2 is 2.15 bits per heavy atom. The van der Waals surface area contributed by atoms with Gasteiger partial charge in [0.05, 0.1) is 11.8 Å². The molecule has 0 aliphatic carbocycles. The van der Waals surface area contributed by atoms with Gasteiger partial charge in [0.1, 0.15) is 6.26 Å². The molecule has 26 heavy (non-hydrogen) atoms. The zero-order chi connectivity index (χ0) is 17.1. The van der Waals surface area contributed by atoms with Gasteiger partial charge >= 0.3 is 0 Å². The molecule has 0 radical (unpaired) electrons. The molecule has 2 fully saturated rings. The first kappa shape index (κ1) is 18.9. The van der Waals surface area contributed by atoms with Gasteiger partial charge in [0.15, 0.2) is 0 Å². The van der Waals surface area contributed by atoms with Crippen LogP contribution in [-0.4, -0.2) is 71.2 Å². The molecule has 4 rings (SSSR count). The van der Waals surface area contributed by atoms with Crippen LogP contribution in [0.25, 0.3) is 11.4 Å². The van der Waals surface area contributed by atoms with Gasteiger partial charge in [0, 0.05) is 58.2 Å². The van der Waals surface area contributed by atoms with Crippen LogP contribution in [0.5, 0.6) is 0 Å². The lowest BCUT2D eigenvalue weighted by Crippen LogP contribution is -2.49. The Bertz CT molecular complexity index is 699. The average molecular weight is 382 g/mol. The summed E-state index contributed by atoms with van der Waals surface area (Å²) in [5.74, 6) is 1.15. The Balaban J connectivity index is 0.00000196. The van der Waals surface area contributed by atoms with Crippen LogP contribution in [0.4, 0.5) is 0 Å². The van der Waals surface area contributed by atoms with E-state index < -0.39 is 0 Å². The number of piperazine rings is 1. The largest absolute Gasteiger partial charge is 0.472 e. The molecule has 0 saturated carbocycles. The molecule has 2 aliphatic rings. The first-order valence-electron chi connectivity index (χ1n) is 8.87. The predicted molar refractivity (Wildman–Crippen MR) is 97.0 cm³/mol. The van der Waals surface area contributed by atoms with E-state index in [1.54, 1.807) is 18.6 Å². The van der Waals surface area contributed by atoms with Crippen molar-refractivity contribution < 1.29 is 13.7 Å². The van der Waals surface area contributed by atoms with E-state index in [-0.39, 0.29) is 18.3 Å². The van der Waals surface area contributed by atoms with Crippen molar-refractivity contribution in [2.24, 2.45) is 0 Å². The third-order valence-electron chi connectivity index (χ3n) is 4.98. The lowest BCUT2D eigenvalue weighted by atomic mass is 10.2. The zero-order valence-corrected chi connectivity index (χ0v) is 15.4. The molecule has 8 nitrogen and oxygen atoms in total. The maximum absolute atomic E-state index is 12.5. The molecule has 142 valence electrons. The van der Waals surface area contributed by atoms with E-state index in [9.17, 15) is 4.79 Å². The fourth-order valence-electron chi connectivity index (χ4n) is 3.55. The number of nitrogens with zero attached hydrogens (tertiary/aromatic N) is 4. The van der Waals surface area contributed by atoms with Crippen LogP contribution >= 0.6 is 12.4 Å². The second-order valence-electron chi connectivity index (χ2n) is 6.59. The van der Waals surface area contributed by atoms with E-state index in [1.807, 2.05) is 4.90 Å². The minimum absolute atomic E-state index is 0. The van der Waals surface area contributed by atoms with Crippen molar-refractivity contribution >= 4 is 18.3 Å². The maximum Gasteiger partial charge on any atom is 0.227 e. The summed E-state index contributed by atoms with van der Waals surface area (Å²) >= 11 is 0. The van der Waals surface area contributed by atoms with E-state index in [2.05, 4.69) is 20.4 Å². The van der Waals surface area contributed by atoms with Gasteiger partial charge in [-0.05, 0) is 12.5 Å². The molecule has 0 spiro atoms. The number of nitrogens with one attached hydrogen (secondary N) is 1. The fourth-order valence-corrected chi connectivity index (χ4v) is 3.55. The predicted octanol–water partition coefficient (Wildman–Crippen LogP) is 1.19. The number of halogens is 1. The number of likely N-dealkylation sites (tertiary alicyclic amines) is 1. The fraction of sp³-hybridized carbons (Fsp3) is 0.588. The number of aromatic nitrogens is 2. The minimum Gasteiger partial charge on any atom is -0.472 e. The third-order valence-corrected chi connectivity index (χ3v) is 4.98. The van der Waals surface area contributed by atoms with E-state index in [1.165, 1.54) is 0 Å². The number of hydrogen-bond donors (Lipinski definition) is 1. The highest BCUT2D eigenvalue weighted by atomic mass is 35.5. The standard InChI is InChI=1S/C17H23N5O3.ClH/c23-16(22-7-3-14(11-22)21-8-5-18-6-9-21)2-1-15-19-17(20-25-15)13-4-10-24-12-13;/h4,10,12,14,18H,1-3,5-9,11H2;1H. The van der Waals surface area contributed by atoms with Gasteiger partial charge < -0.3 is 19.2 Å². The van der Waals surface area contributed by atoms with E-state index in [0.717, 1.165) is 51.3 Å². The summed E-state index contributed by atoms with van der Waals surface area (Å²) < 4.78 is 10.2. The number of aryl methyl sites for hydroxylation is 1. The van der Waals surface area contributed by atoms with Crippen molar-refractivity contribution in [1.29, 1.82) is 0 Å². The molecule has 1 amide bonds. The van der Waals surface area contributed by atoms with Crippen LogP contribution in [0.3, 0.4) is 0 Å². The first-order valence-corrected chi connectivity index (χ1v) is 8.87. The van der Waals surface area contributed by atoms with Gasteiger partial charge in [0.2, 0.25) is 17.6 Å². The highest BCUT2D eigenvalue weighted by Crippen LogP contribution is 2.19. The molecule has 1 atom stereocenters. The molecular weight excluding hydrogens is 358 g/mol. The van der Waals surface area contributed by atoms with Gasteiger partial charge in [-0.3, -0.25) is 9.69 Å². The monoisotopic (exact) mass is 381 g/mol. The highest BCUT2D eigenvalue weighted by Gasteiger charge is 2.30. The van der Waals surface area contributed by atoms with Gasteiger partial charge in [-0.2, -0.15) is 4.98 Å². The summed E-state index contributed by atoms with van der Waals surface area (Å²) in [5.41, 5.74) is 0.778. The van der Waals surface area contributed by atoms with Gasteiger partial charge in [-0.1, -0.05) is 5.16 Å². The van der Waals surface area contributed by atoms with Crippen molar-refractivity contribution in [1.82, 2.24) is 25.3 Å². The molecule has 1 unspecified atom stereocenters. The lowest BCUT2D eigenvalue weighted by Gasteiger charge is -2.32. The number of furan rings is 1. The van der Waals surface area contributed by atoms with Crippen molar-refractivity contribution in [3.8, 4) is 11.4 Å². The third kappa shape index (κ3) is 4.25. The van der Waals surface area contributed by atoms with Crippen LogP contribution in [0, 0.1) is 0 Å². The van der Waals surface area contributed by atoms with Crippen LogP contribution in [0.15, 0.2) is 27.5 Å². The van der Waals surface area contributed by atoms with Crippen LogP contribution in [-0.2, 0) is 11.2 Å². The number of amides is 1. The Morgan fingerprint density at radius 1 is 1.31 bits per heavy atom. The number of hydrogen-bond acceptors (Lipinski definition) is 7. The molecule has 2 aromatic heterocycles. The minimum atomic E-state index is 0. The normalized spacial score (nSPS) is 20.9. The molecule has 0 aromatic carbocycles. The Labute approximate surface area is 158 Å². The Hall–Kier alpha value is -1.90. The van der Waals surface area contributed by atoms with Crippen molar-refractivity contribution in [2.45, 2.75) is 25.3 Å². The SMILES string of the molecule is Cl.O=C(CCc1nc(-c2ccoc2)no1)N1CCC(N2CCNCC2)C1. The van der Waals surface area contributed by atoms with Crippen molar-refractivity contribution in [2.75, 3.05) is 39.3 Å². The molecule has 1 N–H and O–H groups in total. The number of rotatable bonds is 5. The van der Waals surface area contributed by atoms with Crippen LogP contribution < -0.4 is 5.32 Å². The second-order valence-corrected chi connectivity index (χ2v) is 6.59.